The van der Waals surface area contributed by atoms with Crippen LogP contribution in [0.3, 0.4) is 0 Å². The molecule has 0 aliphatic carbocycles. The molecular formula is C15H22ClN3O4S. The molecule has 0 spiro atoms. The molecule has 0 bridgehead atoms. The lowest BCUT2D eigenvalue weighted by Gasteiger charge is -2.26. The van der Waals surface area contributed by atoms with E-state index in [0.29, 0.717) is 31.3 Å². The molecule has 0 unspecified atom stereocenters. The molecule has 134 valence electrons. The maximum absolute atomic E-state index is 12.2. The number of hydrogen-bond donors (Lipinski definition) is 2. The van der Waals surface area contributed by atoms with Gasteiger partial charge in [0.25, 0.3) is 0 Å². The van der Waals surface area contributed by atoms with Crippen LogP contribution >= 0.6 is 11.6 Å². The number of halogens is 1. The zero-order chi connectivity index (χ0) is 17.6. The molecule has 0 aromatic heterocycles. The number of morpholine rings is 1. The third kappa shape index (κ3) is 5.71. The van der Waals surface area contributed by atoms with E-state index in [0.717, 1.165) is 13.1 Å². The first-order chi connectivity index (χ1) is 11.4. The number of amides is 1. The number of hydrogen-bond acceptors (Lipinski definition) is 5. The molecule has 0 saturated carbocycles. The Bertz CT molecular complexity index is 645. The van der Waals surface area contributed by atoms with E-state index in [2.05, 4.69) is 14.9 Å². The van der Waals surface area contributed by atoms with Crippen molar-refractivity contribution < 1.29 is 17.9 Å². The quantitative estimate of drug-likeness (QED) is 0.722. The number of ether oxygens (including phenoxy) is 1. The van der Waals surface area contributed by atoms with E-state index in [1.54, 1.807) is 0 Å². The lowest BCUT2D eigenvalue weighted by molar-refractivity contribution is -0.122. The van der Waals surface area contributed by atoms with Crippen LogP contribution in [0.15, 0.2) is 29.2 Å². The fraction of sp³-hybridized carbons (Fsp3) is 0.533. The van der Waals surface area contributed by atoms with Crippen LogP contribution in [0.5, 0.6) is 0 Å². The van der Waals surface area contributed by atoms with Crippen LogP contribution in [0.1, 0.15) is 6.92 Å². The van der Waals surface area contributed by atoms with Crippen LogP contribution in [0, 0.1) is 0 Å². The van der Waals surface area contributed by atoms with Gasteiger partial charge >= 0.3 is 0 Å². The largest absolute Gasteiger partial charge is 0.379 e. The van der Waals surface area contributed by atoms with E-state index < -0.39 is 16.1 Å². The van der Waals surface area contributed by atoms with Gasteiger partial charge in [-0.3, -0.25) is 9.69 Å². The van der Waals surface area contributed by atoms with Crippen LogP contribution in [0.4, 0.5) is 0 Å². The van der Waals surface area contributed by atoms with Crippen molar-refractivity contribution in [3.05, 3.63) is 29.3 Å². The average molecular weight is 376 g/mol. The van der Waals surface area contributed by atoms with Crippen molar-refractivity contribution >= 4 is 27.5 Å². The summed E-state index contributed by atoms with van der Waals surface area (Å²) in [5, 5.41) is 3.19. The molecule has 1 amide bonds. The van der Waals surface area contributed by atoms with E-state index in [9.17, 15) is 13.2 Å². The summed E-state index contributed by atoms with van der Waals surface area (Å²) >= 11 is 5.75. The van der Waals surface area contributed by atoms with Gasteiger partial charge in [-0.05, 0) is 31.2 Å². The van der Waals surface area contributed by atoms with Crippen LogP contribution in [0.25, 0.3) is 0 Å². The van der Waals surface area contributed by atoms with Crippen molar-refractivity contribution in [1.82, 2.24) is 14.9 Å². The van der Waals surface area contributed by atoms with Gasteiger partial charge < -0.3 is 10.1 Å². The number of sulfonamides is 1. The molecule has 1 aromatic rings. The highest BCUT2D eigenvalue weighted by Gasteiger charge is 2.22. The van der Waals surface area contributed by atoms with E-state index in [4.69, 9.17) is 16.3 Å². The smallest absolute Gasteiger partial charge is 0.241 e. The highest BCUT2D eigenvalue weighted by atomic mass is 35.5. The first kappa shape index (κ1) is 19.1. The fourth-order valence-corrected chi connectivity index (χ4v) is 3.61. The van der Waals surface area contributed by atoms with E-state index in [1.807, 2.05) is 0 Å². The number of nitrogens with zero attached hydrogens (tertiary/aromatic N) is 1. The third-order valence-corrected chi connectivity index (χ3v) is 5.49. The summed E-state index contributed by atoms with van der Waals surface area (Å²) in [6, 6.07) is 4.91. The minimum atomic E-state index is -3.76. The molecule has 1 atom stereocenters. The second kappa shape index (κ2) is 8.77. The maximum atomic E-state index is 12.2. The summed E-state index contributed by atoms with van der Waals surface area (Å²) in [6.45, 7) is 5.77. The molecule has 1 saturated heterocycles. The number of nitrogens with one attached hydrogen (secondary N) is 2. The molecule has 1 aliphatic heterocycles. The predicted octanol–water partition coefficient (Wildman–Crippen LogP) is 0.455. The minimum Gasteiger partial charge on any atom is -0.379 e. The first-order valence-corrected chi connectivity index (χ1v) is 9.60. The number of benzene rings is 1. The number of carbonyl (C=O) groups is 1. The van der Waals surface area contributed by atoms with E-state index in [1.165, 1.54) is 31.2 Å². The van der Waals surface area contributed by atoms with Crippen molar-refractivity contribution in [2.24, 2.45) is 0 Å². The highest BCUT2D eigenvalue weighted by molar-refractivity contribution is 7.89. The Hall–Kier alpha value is -1.19. The molecule has 0 radical (unpaired) electrons. The van der Waals surface area contributed by atoms with E-state index >= 15 is 0 Å². The van der Waals surface area contributed by atoms with Gasteiger partial charge in [-0.15, -0.1) is 0 Å². The summed E-state index contributed by atoms with van der Waals surface area (Å²) < 4.78 is 32.1. The summed E-state index contributed by atoms with van der Waals surface area (Å²) in [6.07, 6.45) is 0. The SMILES string of the molecule is C[C@H](NS(=O)(=O)c1ccc(Cl)cc1)C(=O)NCCN1CCOCC1. The first-order valence-electron chi connectivity index (χ1n) is 7.74. The van der Waals surface area contributed by atoms with Gasteiger partial charge in [-0.1, -0.05) is 11.6 Å². The van der Waals surface area contributed by atoms with Gasteiger partial charge in [0, 0.05) is 31.2 Å². The average Bonchev–Trinajstić information content (AvgIpc) is 2.55. The van der Waals surface area contributed by atoms with Gasteiger partial charge in [-0.2, -0.15) is 4.72 Å². The Morgan fingerprint density at radius 2 is 1.92 bits per heavy atom. The molecule has 9 heteroatoms. The summed E-state index contributed by atoms with van der Waals surface area (Å²) in [5.74, 6) is -0.360. The van der Waals surface area contributed by atoms with Crippen LogP contribution in [0.2, 0.25) is 5.02 Å². The molecule has 2 rings (SSSR count). The Labute approximate surface area is 147 Å². The second-order valence-corrected chi connectivity index (χ2v) is 7.69. The molecule has 7 nitrogen and oxygen atoms in total. The van der Waals surface area contributed by atoms with Crippen LogP contribution < -0.4 is 10.0 Å². The van der Waals surface area contributed by atoms with Gasteiger partial charge in [0.1, 0.15) is 0 Å². The highest BCUT2D eigenvalue weighted by Crippen LogP contribution is 2.14. The topological polar surface area (TPSA) is 87.7 Å². The molecule has 2 N–H and O–H groups in total. The van der Waals surface area contributed by atoms with Crippen molar-refractivity contribution in [2.75, 3.05) is 39.4 Å². The van der Waals surface area contributed by atoms with Crippen molar-refractivity contribution in [1.29, 1.82) is 0 Å². The zero-order valence-electron chi connectivity index (χ0n) is 13.5. The van der Waals surface area contributed by atoms with Gasteiger partial charge in [-0.25, -0.2) is 8.42 Å². The van der Waals surface area contributed by atoms with Gasteiger partial charge in [0.2, 0.25) is 15.9 Å². The Morgan fingerprint density at radius 1 is 1.29 bits per heavy atom. The molecule has 1 fully saturated rings. The predicted molar refractivity (Wildman–Crippen MR) is 91.5 cm³/mol. The normalized spacial score (nSPS) is 17.4. The Morgan fingerprint density at radius 3 is 2.54 bits per heavy atom. The second-order valence-electron chi connectivity index (χ2n) is 5.54. The molecule has 1 aliphatic rings. The van der Waals surface area contributed by atoms with Crippen molar-refractivity contribution in [3.63, 3.8) is 0 Å². The van der Waals surface area contributed by atoms with Crippen LogP contribution in [-0.4, -0.2) is 64.7 Å². The summed E-state index contributed by atoms with van der Waals surface area (Å²) in [4.78, 5) is 14.3. The summed E-state index contributed by atoms with van der Waals surface area (Å²) in [5.41, 5.74) is 0. The van der Waals surface area contributed by atoms with Gasteiger partial charge in [0.05, 0.1) is 24.2 Å². The number of rotatable bonds is 7. The molecule has 1 heterocycles. The standard InChI is InChI=1S/C15H22ClN3O4S/c1-12(15(20)17-6-7-19-8-10-23-11-9-19)18-24(21,22)14-4-2-13(16)3-5-14/h2-5,12,18H,6-11H2,1H3,(H,17,20)/t12-/m0/s1. The molecule has 1 aromatic carbocycles. The minimum absolute atomic E-state index is 0.0693. The van der Waals surface area contributed by atoms with Gasteiger partial charge in [0.15, 0.2) is 0 Å². The Kier molecular flexibility index (Phi) is 7.00. The monoisotopic (exact) mass is 375 g/mol. The maximum Gasteiger partial charge on any atom is 0.241 e. The lowest BCUT2D eigenvalue weighted by atomic mass is 10.3. The van der Waals surface area contributed by atoms with Crippen molar-refractivity contribution in [2.45, 2.75) is 17.9 Å². The van der Waals surface area contributed by atoms with Crippen molar-refractivity contribution in [3.8, 4) is 0 Å². The summed E-state index contributed by atoms with van der Waals surface area (Å²) in [7, 11) is -3.76. The Balaban J connectivity index is 1.80. The molecule has 24 heavy (non-hydrogen) atoms. The third-order valence-electron chi connectivity index (χ3n) is 3.68. The fourth-order valence-electron chi connectivity index (χ4n) is 2.28. The zero-order valence-corrected chi connectivity index (χ0v) is 15.1. The van der Waals surface area contributed by atoms with E-state index in [-0.39, 0.29) is 10.8 Å². The molecular weight excluding hydrogens is 354 g/mol. The van der Waals surface area contributed by atoms with Crippen LogP contribution in [-0.2, 0) is 19.6 Å². The lowest BCUT2D eigenvalue weighted by Crippen LogP contribution is -2.47. The number of carbonyl (C=O) groups excluding carboxylic acids is 1.